The van der Waals surface area contributed by atoms with Gasteiger partial charge in [0.25, 0.3) is 17.2 Å². The van der Waals surface area contributed by atoms with Crippen LogP contribution in [0, 0.1) is 6.92 Å². The topological polar surface area (TPSA) is 110 Å². The van der Waals surface area contributed by atoms with Gasteiger partial charge in [0.15, 0.2) is 0 Å². The first-order chi connectivity index (χ1) is 16.8. The minimum atomic E-state index is -2.35. The van der Waals surface area contributed by atoms with E-state index in [-0.39, 0.29) is 23.2 Å². The van der Waals surface area contributed by atoms with Crippen molar-refractivity contribution in [3.63, 3.8) is 0 Å². The van der Waals surface area contributed by atoms with Crippen LogP contribution in [-0.4, -0.2) is 26.2 Å². The molecule has 35 heavy (non-hydrogen) atoms. The molecule has 0 aliphatic heterocycles. The minimum Gasteiger partial charge on any atom is -0.437 e. The van der Waals surface area contributed by atoms with Crippen molar-refractivity contribution in [3.8, 4) is 11.3 Å². The lowest BCUT2D eigenvalue weighted by Gasteiger charge is -2.22. The molecule has 4 rings (SSSR count). The van der Waals surface area contributed by atoms with Crippen molar-refractivity contribution in [1.82, 2.24) is 4.98 Å². The van der Waals surface area contributed by atoms with Gasteiger partial charge in [-0.2, -0.15) is 4.98 Å². The monoisotopic (exact) mass is 623 g/mol. The maximum atomic E-state index is 12.4. The lowest BCUT2D eigenvalue weighted by molar-refractivity contribution is 0.100. The Morgan fingerprint density at radius 1 is 1.23 bits per heavy atom. The molecule has 2 unspecified atom stereocenters. The summed E-state index contributed by atoms with van der Waals surface area (Å²) >= 11 is 6.35. The normalized spacial score (nSPS) is 13.0. The van der Waals surface area contributed by atoms with Crippen LogP contribution in [0.3, 0.4) is 0 Å². The van der Waals surface area contributed by atoms with Gasteiger partial charge in [0.1, 0.15) is 11.6 Å². The number of aromatic nitrogens is 1. The predicted octanol–water partition coefficient (Wildman–Crippen LogP) is 6.15. The highest BCUT2D eigenvalue weighted by Crippen LogP contribution is 2.36. The molecule has 0 fully saturated rings. The van der Waals surface area contributed by atoms with Gasteiger partial charge in [-0.1, -0.05) is 82.8 Å². The number of pyridine rings is 1. The van der Waals surface area contributed by atoms with E-state index in [4.69, 9.17) is 21.8 Å². The molecule has 0 radical (unpaired) electrons. The van der Waals surface area contributed by atoms with Crippen molar-refractivity contribution in [2.24, 2.45) is 5.73 Å². The maximum absolute atomic E-state index is 12.4. The van der Waals surface area contributed by atoms with Crippen molar-refractivity contribution in [1.29, 1.82) is 0 Å². The number of carbonyl (C=O) groups is 1. The van der Waals surface area contributed by atoms with Crippen LogP contribution < -0.4 is 10.0 Å². The zero-order valence-corrected chi connectivity index (χ0v) is 22.5. The van der Waals surface area contributed by atoms with Gasteiger partial charge < -0.3 is 10.2 Å². The molecule has 0 bridgehead atoms. The van der Waals surface area contributed by atoms with Crippen LogP contribution in [0.15, 0.2) is 65.1 Å². The van der Waals surface area contributed by atoms with Gasteiger partial charge in [-0.25, -0.2) is 4.21 Å². The van der Waals surface area contributed by atoms with E-state index in [0.717, 1.165) is 11.1 Å². The Kier molecular flexibility index (Phi) is 8.10. The molecule has 10 heteroatoms. The number of alkyl halides is 2. The van der Waals surface area contributed by atoms with E-state index >= 15 is 0 Å². The fourth-order valence-corrected chi connectivity index (χ4v) is 5.21. The molecule has 2 heterocycles. The van der Waals surface area contributed by atoms with Crippen LogP contribution in [0.4, 0.5) is 5.82 Å². The van der Waals surface area contributed by atoms with E-state index in [1.807, 2.05) is 61.5 Å². The van der Waals surface area contributed by atoms with Gasteiger partial charge in [-0.05, 0) is 25.0 Å². The van der Waals surface area contributed by atoms with E-state index in [0.29, 0.717) is 38.9 Å². The largest absolute Gasteiger partial charge is 0.437 e. The molecule has 2 aromatic carbocycles. The number of carbonyl (C=O) groups excluding carboxylic acids is 1. The molecule has 0 aliphatic rings. The summed E-state index contributed by atoms with van der Waals surface area (Å²) in [5, 5.41) is 0.124. The Morgan fingerprint density at radius 2 is 1.91 bits per heavy atom. The third-order valence-electron chi connectivity index (χ3n) is 5.61. The first-order valence-corrected chi connectivity index (χ1v) is 13.8. The van der Waals surface area contributed by atoms with Crippen LogP contribution in [0.2, 0.25) is 0 Å². The summed E-state index contributed by atoms with van der Waals surface area (Å²) in [4.78, 5) is 17.0. The fraction of sp³-hybridized carbons (Fsp3) is 0.200. The van der Waals surface area contributed by atoms with Gasteiger partial charge >= 0.3 is 0 Å². The number of amides is 1. The number of fused-ring (bicyclic) bond motifs is 1. The second kappa shape index (κ2) is 11.1. The van der Waals surface area contributed by atoms with Crippen LogP contribution >= 0.6 is 34.2 Å². The molecule has 0 saturated heterocycles. The van der Waals surface area contributed by atoms with Gasteiger partial charge in [0, 0.05) is 22.1 Å². The molecule has 1 amide bonds. The first-order valence-electron chi connectivity index (χ1n) is 10.8. The Morgan fingerprint density at radius 3 is 2.51 bits per heavy atom. The number of aryl methyl sites for hydroxylation is 1. The van der Waals surface area contributed by atoms with Crippen molar-refractivity contribution in [2.75, 3.05) is 10.8 Å². The van der Waals surface area contributed by atoms with E-state index in [1.54, 1.807) is 6.07 Å². The molecule has 0 aliphatic carbocycles. The quantitative estimate of drug-likeness (QED) is 0.132. The summed E-state index contributed by atoms with van der Waals surface area (Å²) in [6.45, 7) is 2.15. The Balaban J connectivity index is 1.76. The first kappa shape index (κ1) is 25.6. The summed E-state index contributed by atoms with van der Waals surface area (Å²) in [5.41, 5.74) is 9.47. The highest BCUT2D eigenvalue weighted by atomic mass is 127. The average Bonchev–Trinajstić information content (AvgIpc) is 3.23. The summed E-state index contributed by atoms with van der Waals surface area (Å²) in [5.74, 6) is -0.0215. The number of furan rings is 1. The van der Waals surface area contributed by atoms with Crippen LogP contribution in [0.25, 0.3) is 22.4 Å². The Labute approximate surface area is 224 Å². The summed E-state index contributed by atoms with van der Waals surface area (Å²) < 4.78 is 30.2. The highest BCUT2D eigenvalue weighted by Gasteiger charge is 2.26. The van der Waals surface area contributed by atoms with E-state index in [9.17, 15) is 13.6 Å². The van der Waals surface area contributed by atoms with E-state index in [2.05, 4.69) is 27.6 Å². The van der Waals surface area contributed by atoms with Gasteiger partial charge in [-0.3, -0.25) is 13.7 Å². The van der Waals surface area contributed by atoms with E-state index < -0.39 is 17.2 Å². The summed E-state index contributed by atoms with van der Waals surface area (Å²) in [7, 11) is 0. The number of nitrogens with two attached hydrogens (primary N) is 1. The second-order valence-corrected chi connectivity index (χ2v) is 10.2. The molecule has 2 atom stereocenters. The van der Waals surface area contributed by atoms with Crippen LogP contribution in [0.1, 0.15) is 38.8 Å². The number of rotatable bonds is 9. The van der Waals surface area contributed by atoms with Gasteiger partial charge in [0.2, 0.25) is 5.71 Å². The zero-order chi connectivity index (χ0) is 25.1. The zero-order valence-electron chi connectivity index (χ0n) is 18.8. The number of hydrogen-bond acceptors (Lipinski definition) is 4. The average molecular weight is 624 g/mol. The molecule has 0 saturated carbocycles. The minimum absolute atomic E-state index is 0.166. The Hall–Kier alpha value is -2.47. The maximum Gasteiger partial charge on any atom is 0.263 e. The second-order valence-electron chi connectivity index (χ2n) is 7.99. The summed E-state index contributed by atoms with van der Waals surface area (Å²) in [6.07, 6.45) is 0.414. The number of benzene rings is 2. The predicted molar refractivity (Wildman–Crippen MR) is 148 cm³/mol. The molecule has 3 N–H and O–H groups in total. The third-order valence-corrected chi connectivity index (χ3v) is 7.64. The molecular weight excluding hydrogens is 601 g/mol. The van der Waals surface area contributed by atoms with Gasteiger partial charge in [-0.15, -0.1) is 11.6 Å². The number of nitrogens with zero attached hydrogens (tertiary/aromatic N) is 2. The number of halogens is 2. The molecule has 2 aromatic heterocycles. The molecular formula is C25H23ClIN3O4S. The van der Waals surface area contributed by atoms with Crippen molar-refractivity contribution in [2.45, 2.75) is 23.1 Å². The smallest absolute Gasteiger partial charge is 0.263 e. The molecule has 0 spiro atoms. The fourth-order valence-electron chi connectivity index (χ4n) is 3.84. The van der Waals surface area contributed by atoms with E-state index in [1.165, 1.54) is 4.31 Å². The van der Waals surface area contributed by atoms with Crippen LogP contribution in [0.5, 0.6) is 0 Å². The van der Waals surface area contributed by atoms with Crippen LogP contribution in [-0.2, 0) is 15.7 Å². The Bertz CT molecular complexity index is 1380. The lowest BCUT2D eigenvalue weighted by atomic mass is 10.0. The molecule has 182 valence electrons. The number of hydrogen-bond donors (Lipinski definition) is 2. The highest BCUT2D eigenvalue weighted by molar-refractivity contribution is 14.1. The lowest BCUT2D eigenvalue weighted by Crippen LogP contribution is -2.29. The standard InChI is InChI=1S/C25H23ClIN3O4S/c1-15-7-9-17(10-8-15)22-21(23(28)31)19-13-18(14-27)24(29-25(19)34-22)30(35(32)33)12-11-20(26)16-5-3-2-4-6-16/h2-10,13,20H,11-12,14H2,1H3,(H2,28,31)(H,32,33). The SMILES string of the molecule is Cc1ccc(-c2oc3nc(N(CCC(Cl)c4ccccc4)S(=O)O)c(CI)cc3c2C(N)=O)cc1. The van der Waals surface area contributed by atoms with Crippen molar-refractivity contribution >= 4 is 68.3 Å². The number of anilines is 1. The van der Waals surface area contributed by atoms with Crippen molar-refractivity contribution in [3.05, 3.63) is 82.9 Å². The molecule has 4 aromatic rings. The van der Waals surface area contributed by atoms with Crippen molar-refractivity contribution < 1.29 is 18.0 Å². The molecule has 7 nitrogen and oxygen atoms in total. The van der Waals surface area contributed by atoms with Gasteiger partial charge in [0.05, 0.1) is 16.3 Å². The summed E-state index contributed by atoms with van der Waals surface area (Å²) in [6, 6.07) is 18.8. The third kappa shape index (κ3) is 5.53. The number of primary amides is 1.